The SMILES string of the molecule is CN(Cc1cnc(OCCN)s1)C(=O)c1ccc2c(c1)NC(=O)c1ccccc1S2(=O)=O. The van der Waals surface area contributed by atoms with Gasteiger partial charge in [0.05, 0.1) is 27.6 Å². The van der Waals surface area contributed by atoms with Gasteiger partial charge in [0.25, 0.3) is 17.0 Å². The van der Waals surface area contributed by atoms with E-state index >= 15 is 0 Å². The molecule has 9 nitrogen and oxygen atoms in total. The van der Waals surface area contributed by atoms with Gasteiger partial charge in [0.1, 0.15) is 6.61 Å². The van der Waals surface area contributed by atoms with Crippen molar-refractivity contribution in [3.63, 3.8) is 0 Å². The number of carbonyl (C=O) groups excluding carboxylic acids is 2. The van der Waals surface area contributed by atoms with Crippen LogP contribution in [0, 0.1) is 0 Å². The second-order valence-electron chi connectivity index (χ2n) is 7.06. The lowest BCUT2D eigenvalue weighted by Crippen LogP contribution is -2.26. The van der Waals surface area contributed by atoms with Crippen LogP contribution in [0.4, 0.5) is 5.69 Å². The summed E-state index contributed by atoms with van der Waals surface area (Å²) in [6, 6.07) is 10.2. The molecular weight excluding hydrogens is 452 g/mol. The lowest BCUT2D eigenvalue weighted by Gasteiger charge is -2.17. The summed E-state index contributed by atoms with van der Waals surface area (Å²) in [4.78, 5) is 31.9. The number of anilines is 1. The summed E-state index contributed by atoms with van der Waals surface area (Å²) in [7, 11) is -2.30. The molecule has 0 saturated carbocycles. The third-order valence-corrected chi connectivity index (χ3v) is 7.57. The molecule has 4 rings (SSSR count). The predicted octanol–water partition coefficient (Wildman–Crippen LogP) is 2.15. The quantitative estimate of drug-likeness (QED) is 0.562. The minimum absolute atomic E-state index is 0.0563. The van der Waals surface area contributed by atoms with Crippen LogP contribution >= 0.6 is 11.3 Å². The molecule has 32 heavy (non-hydrogen) atoms. The van der Waals surface area contributed by atoms with Gasteiger partial charge in [-0.05, 0) is 30.3 Å². The average molecular weight is 473 g/mol. The molecule has 0 aliphatic carbocycles. The molecule has 3 N–H and O–H groups in total. The van der Waals surface area contributed by atoms with E-state index in [1.807, 2.05) is 0 Å². The molecule has 1 aromatic heterocycles. The minimum atomic E-state index is -3.92. The second kappa shape index (κ2) is 8.69. The van der Waals surface area contributed by atoms with E-state index in [9.17, 15) is 18.0 Å². The Bertz CT molecular complexity index is 1300. The highest BCUT2D eigenvalue weighted by Gasteiger charge is 2.31. The zero-order chi connectivity index (χ0) is 22.9. The summed E-state index contributed by atoms with van der Waals surface area (Å²) >= 11 is 1.31. The first kappa shape index (κ1) is 21.9. The molecule has 11 heteroatoms. The Labute approximate surface area is 188 Å². The number of hydrogen-bond donors (Lipinski definition) is 2. The van der Waals surface area contributed by atoms with Gasteiger partial charge in [0.2, 0.25) is 9.84 Å². The fraction of sp³-hybridized carbons (Fsp3) is 0.190. The number of nitrogens with two attached hydrogens (primary N) is 1. The highest BCUT2D eigenvalue weighted by molar-refractivity contribution is 7.91. The number of thiazole rings is 1. The second-order valence-corrected chi connectivity index (χ2v) is 10.0. The summed E-state index contributed by atoms with van der Waals surface area (Å²) < 4.78 is 31.5. The van der Waals surface area contributed by atoms with Crippen LogP contribution in [-0.2, 0) is 16.4 Å². The van der Waals surface area contributed by atoms with Gasteiger partial charge in [-0.25, -0.2) is 13.4 Å². The maximum absolute atomic E-state index is 13.1. The fourth-order valence-corrected chi connectivity index (χ4v) is 5.72. The Morgan fingerprint density at radius 2 is 2.00 bits per heavy atom. The summed E-state index contributed by atoms with van der Waals surface area (Å²) in [6.45, 7) is 1.02. The number of carbonyl (C=O) groups is 2. The van der Waals surface area contributed by atoms with E-state index in [2.05, 4.69) is 10.3 Å². The first-order valence-corrected chi connectivity index (χ1v) is 11.9. The van der Waals surface area contributed by atoms with E-state index in [-0.39, 0.29) is 39.1 Å². The molecule has 0 saturated heterocycles. The standard InChI is InChI=1S/C21H20N4O5S2/c1-25(12-14-11-23-21(31-14)30-9-8-22)20(27)13-6-7-18-16(10-13)24-19(26)15-4-2-3-5-17(15)32(18,28)29/h2-7,10-11H,8-9,12,22H2,1H3,(H,24,26). The van der Waals surface area contributed by atoms with Crippen LogP contribution in [0.15, 0.2) is 58.5 Å². The molecule has 166 valence electrons. The number of amides is 2. The van der Waals surface area contributed by atoms with Crippen molar-refractivity contribution in [2.45, 2.75) is 16.3 Å². The molecule has 0 radical (unpaired) electrons. The predicted molar refractivity (Wildman–Crippen MR) is 119 cm³/mol. The first-order valence-electron chi connectivity index (χ1n) is 9.64. The van der Waals surface area contributed by atoms with Gasteiger partial charge < -0.3 is 20.7 Å². The van der Waals surface area contributed by atoms with Crippen LogP contribution in [0.5, 0.6) is 5.19 Å². The Morgan fingerprint density at radius 1 is 1.22 bits per heavy atom. The van der Waals surface area contributed by atoms with Gasteiger partial charge in [0.15, 0.2) is 0 Å². The molecule has 0 spiro atoms. The number of aromatic nitrogens is 1. The zero-order valence-corrected chi connectivity index (χ0v) is 18.7. The largest absolute Gasteiger partial charge is 0.469 e. The summed E-state index contributed by atoms with van der Waals surface area (Å²) in [5, 5.41) is 3.09. The molecular formula is C21H20N4O5S2. The van der Waals surface area contributed by atoms with Crippen LogP contribution in [0.25, 0.3) is 0 Å². The maximum atomic E-state index is 13.1. The van der Waals surface area contributed by atoms with Crippen molar-refractivity contribution in [3.05, 3.63) is 64.7 Å². The molecule has 0 bridgehead atoms. The fourth-order valence-electron chi connectivity index (χ4n) is 3.29. The average Bonchev–Trinajstić information content (AvgIpc) is 3.20. The van der Waals surface area contributed by atoms with Gasteiger partial charge in [-0.15, -0.1) is 0 Å². The van der Waals surface area contributed by atoms with Crippen molar-refractivity contribution >= 4 is 38.7 Å². The minimum Gasteiger partial charge on any atom is -0.469 e. The van der Waals surface area contributed by atoms with Gasteiger partial charge in [-0.1, -0.05) is 23.5 Å². The molecule has 1 aliphatic heterocycles. The number of sulfone groups is 1. The number of hydrogen-bond acceptors (Lipinski definition) is 8. The summed E-state index contributed by atoms with van der Waals surface area (Å²) in [5.74, 6) is -0.880. The highest BCUT2D eigenvalue weighted by atomic mass is 32.2. The number of nitrogens with zero attached hydrogens (tertiary/aromatic N) is 2. The van der Waals surface area contributed by atoms with Crippen molar-refractivity contribution in [2.24, 2.45) is 5.73 Å². The molecule has 0 unspecified atom stereocenters. The Kier molecular flexibility index (Phi) is 5.96. The zero-order valence-electron chi connectivity index (χ0n) is 17.1. The van der Waals surface area contributed by atoms with Crippen molar-refractivity contribution < 1.29 is 22.7 Å². The number of fused-ring (bicyclic) bond motifs is 2. The van der Waals surface area contributed by atoms with E-state index in [4.69, 9.17) is 10.5 Å². The van der Waals surface area contributed by atoms with E-state index in [1.54, 1.807) is 25.4 Å². The van der Waals surface area contributed by atoms with E-state index in [0.717, 1.165) is 4.88 Å². The smallest absolute Gasteiger partial charge is 0.273 e. The first-order chi connectivity index (χ1) is 15.3. The van der Waals surface area contributed by atoms with E-state index < -0.39 is 15.7 Å². The molecule has 2 amide bonds. The van der Waals surface area contributed by atoms with E-state index in [0.29, 0.717) is 18.3 Å². The molecule has 3 aromatic rings. The number of nitrogens with one attached hydrogen (secondary N) is 1. The number of rotatable bonds is 6. The topological polar surface area (TPSA) is 132 Å². The van der Waals surface area contributed by atoms with Gasteiger partial charge in [-0.3, -0.25) is 9.59 Å². The van der Waals surface area contributed by atoms with Crippen LogP contribution < -0.4 is 15.8 Å². The normalized spacial score (nSPS) is 14.0. The molecule has 2 heterocycles. The molecule has 2 aromatic carbocycles. The van der Waals surface area contributed by atoms with Crippen molar-refractivity contribution in [2.75, 3.05) is 25.5 Å². The highest BCUT2D eigenvalue weighted by Crippen LogP contribution is 2.34. The van der Waals surface area contributed by atoms with Crippen LogP contribution in [-0.4, -0.2) is 50.3 Å². The third-order valence-electron chi connectivity index (χ3n) is 4.80. The Balaban J connectivity index is 1.59. The molecule has 1 aliphatic rings. The number of benzene rings is 2. The maximum Gasteiger partial charge on any atom is 0.273 e. The third kappa shape index (κ3) is 4.09. The lowest BCUT2D eigenvalue weighted by atomic mass is 10.1. The van der Waals surface area contributed by atoms with Gasteiger partial charge in [0, 0.05) is 30.2 Å². The summed E-state index contributed by atoms with van der Waals surface area (Å²) in [5.41, 5.74) is 5.79. The molecule has 0 atom stereocenters. The lowest BCUT2D eigenvalue weighted by molar-refractivity contribution is 0.0786. The van der Waals surface area contributed by atoms with Crippen LogP contribution in [0.3, 0.4) is 0 Å². The monoisotopic (exact) mass is 472 g/mol. The summed E-state index contributed by atoms with van der Waals surface area (Å²) in [6.07, 6.45) is 1.63. The van der Waals surface area contributed by atoms with Crippen LogP contribution in [0.2, 0.25) is 0 Å². The van der Waals surface area contributed by atoms with Gasteiger partial charge in [-0.2, -0.15) is 0 Å². The van der Waals surface area contributed by atoms with Gasteiger partial charge >= 0.3 is 0 Å². The van der Waals surface area contributed by atoms with Crippen molar-refractivity contribution in [3.8, 4) is 5.19 Å². The van der Waals surface area contributed by atoms with E-state index in [1.165, 1.54) is 46.6 Å². The van der Waals surface area contributed by atoms with Crippen molar-refractivity contribution in [1.82, 2.24) is 9.88 Å². The Morgan fingerprint density at radius 3 is 2.78 bits per heavy atom. The Hall–Kier alpha value is -3.28. The van der Waals surface area contributed by atoms with Crippen molar-refractivity contribution in [1.29, 1.82) is 0 Å². The number of ether oxygens (including phenoxy) is 1. The molecule has 0 fully saturated rings. The van der Waals surface area contributed by atoms with Crippen LogP contribution in [0.1, 0.15) is 25.6 Å².